The summed E-state index contributed by atoms with van der Waals surface area (Å²) in [4.78, 5) is 11.8. The predicted octanol–water partition coefficient (Wildman–Crippen LogP) is 4.54. The molecular formula is C21H29NO. The number of ketones is 1. The number of carbonyl (C=O) groups excluding carboxylic acids is 1. The van der Waals surface area contributed by atoms with Gasteiger partial charge in [0.15, 0.2) is 0 Å². The molecule has 0 aromatic heterocycles. The number of rotatable bonds is 8. The molecule has 0 aliphatic rings. The maximum absolute atomic E-state index is 11.8. The Kier molecular flexibility index (Phi) is 6.35. The molecule has 0 saturated carbocycles. The quantitative estimate of drug-likeness (QED) is 0.775. The molecule has 0 aliphatic heterocycles. The van der Waals surface area contributed by atoms with Gasteiger partial charge < -0.3 is 5.32 Å². The Hall–Kier alpha value is -1.67. The van der Waals surface area contributed by atoms with E-state index >= 15 is 0 Å². The van der Waals surface area contributed by atoms with Crippen molar-refractivity contribution in [2.45, 2.75) is 53.0 Å². The van der Waals surface area contributed by atoms with Gasteiger partial charge in [-0.05, 0) is 41.3 Å². The molecule has 0 amide bonds. The van der Waals surface area contributed by atoms with Crippen LogP contribution >= 0.6 is 0 Å². The van der Waals surface area contributed by atoms with Crippen molar-refractivity contribution < 1.29 is 4.79 Å². The SMILES string of the molecule is CC(C)NCCc1ccc2ccc(CCC(=O)C(C)C)cc2c1. The van der Waals surface area contributed by atoms with E-state index in [1.54, 1.807) is 0 Å². The van der Waals surface area contributed by atoms with E-state index in [2.05, 4.69) is 55.6 Å². The minimum Gasteiger partial charge on any atom is -0.314 e. The Morgan fingerprint density at radius 1 is 0.913 bits per heavy atom. The highest BCUT2D eigenvalue weighted by molar-refractivity contribution is 5.84. The average Bonchev–Trinajstić information content (AvgIpc) is 2.51. The van der Waals surface area contributed by atoms with Gasteiger partial charge in [-0.2, -0.15) is 0 Å². The zero-order valence-electron chi connectivity index (χ0n) is 14.9. The van der Waals surface area contributed by atoms with E-state index in [0.717, 1.165) is 19.4 Å². The second-order valence-electron chi connectivity index (χ2n) is 7.00. The maximum Gasteiger partial charge on any atom is 0.135 e. The third-order valence-corrected chi connectivity index (χ3v) is 4.24. The number of nitrogens with one attached hydrogen (secondary N) is 1. The molecule has 0 spiro atoms. The second-order valence-corrected chi connectivity index (χ2v) is 7.00. The van der Waals surface area contributed by atoms with Crippen molar-refractivity contribution in [3.8, 4) is 0 Å². The fraction of sp³-hybridized carbons (Fsp3) is 0.476. The highest BCUT2D eigenvalue weighted by atomic mass is 16.1. The summed E-state index contributed by atoms with van der Waals surface area (Å²) in [5.41, 5.74) is 2.62. The molecule has 0 fully saturated rings. The van der Waals surface area contributed by atoms with Crippen molar-refractivity contribution in [1.82, 2.24) is 5.32 Å². The Labute approximate surface area is 140 Å². The molecule has 0 bridgehead atoms. The molecule has 0 unspecified atom stereocenters. The zero-order chi connectivity index (χ0) is 16.8. The standard InChI is InChI=1S/C21H29NO/c1-15(2)21(23)10-7-17-5-8-19-9-6-18(14-20(19)13-17)11-12-22-16(3)4/h5-6,8-9,13-16,22H,7,10-12H2,1-4H3. The highest BCUT2D eigenvalue weighted by Gasteiger charge is 2.07. The Morgan fingerprint density at radius 2 is 1.52 bits per heavy atom. The van der Waals surface area contributed by atoms with E-state index < -0.39 is 0 Å². The smallest absolute Gasteiger partial charge is 0.135 e. The lowest BCUT2D eigenvalue weighted by Gasteiger charge is -2.09. The largest absolute Gasteiger partial charge is 0.314 e. The first-order valence-corrected chi connectivity index (χ1v) is 8.73. The minimum atomic E-state index is 0.135. The molecule has 0 heterocycles. The van der Waals surface area contributed by atoms with Gasteiger partial charge in [0.05, 0.1) is 0 Å². The summed E-state index contributed by atoms with van der Waals surface area (Å²) in [5, 5.41) is 6.01. The van der Waals surface area contributed by atoms with Crippen molar-refractivity contribution >= 4 is 16.6 Å². The first-order valence-electron chi connectivity index (χ1n) is 8.73. The lowest BCUT2D eigenvalue weighted by molar-refractivity contribution is -0.121. The molecule has 0 radical (unpaired) electrons. The summed E-state index contributed by atoms with van der Waals surface area (Å²) in [6.45, 7) is 9.29. The molecular weight excluding hydrogens is 282 g/mol. The molecule has 2 nitrogen and oxygen atoms in total. The highest BCUT2D eigenvalue weighted by Crippen LogP contribution is 2.19. The number of aryl methyl sites for hydroxylation is 1. The summed E-state index contributed by atoms with van der Waals surface area (Å²) < 4.78 is 0. The molecule has 1 N–H and O–H groups in total. The summed E-state index contributed by atoms with van der Waals surface area (Å²) >= 11 is 0. The van der Waals surface area contributed by atoms with Crippen molar-refractivity contribution in [2.75, 3.05) is 6.54 Å². The molecule has 2 heteroatoms. The van der Waals surface area contributed by atoms with Crippen LogP contribution in [0.1, 0.15) is 45.2 Å². The molecule has 0 saturated heterocycles. The van der Waals surface area contributed by atoms with Gasteiger partial charge in [-0.25, -0.2) is 0 Å². The molecule has 2 aromatic rings. The monoisotopic (exact) mass is 311 g/mol. The fourth-order valence-electron chi connectivity index (χ4n) is 2.72. The van der Waals surface area contributed by atoms with Crippen LogP contribution in [0.3, 0.4) is 0 Å². The molecule has 0 aliphatic carbocycles. The number of benzene rings is 2. The second kappa shape index (κ2) is 8.26. The topological polar surface area (TPSA) is 29.1 Å². The maximum atomic E-state index is 11.8. The number of hydrogen-bond donors (Lipinski definition) is 1. The molecule has 23 heavy (non-hydrogen) atoms. The van der Waals surface area contributed by atoms with Crippen LogP contribution in [-0.4, -0.2) is 18.4 Å². The minimum absolute atomic E-state index is 0.135. The first kappa shape index (κ1) is 17.7. The van der Waals surface area contributed by atoms with Crippen molar-refractivity contribution in [2.24, 2.45) is 5.92 Å². The molecule has 0 atom stereocenters. The third-order valence-electron chi connectivity index (χ3n) is 4.24. The van der Waals surface area contributed by atoms with E-state index in [-0.39, 0.29) is 5.92 Å². The van der Waals surface area contributed by atoms with Gasteiger partial charge in [0, 0.05) is 18.4 Å². The van der Waals surface area contributed by atoms with Crippen molar-refractivity contribution in [3.63, 3.8) is 0 Å². The third kappa shape index (κ3) is 5.47. The summed E-state index contributed by atoms with van der Waals surface area (Å²) in [7, 11) is 0. The average molecular weight is 311 g/mol. The van der Waals surface area contributed by atoms with Gasteiger partial charge in [-0.1, -0.05) is 64.1 Å². The van der Waals surface area contributed by atoms with Crippen LogP contribution in [0, 0.1) is 5.92 Å². The summed E-state index contributed by atoms with van der Waals surface area (Å²) in [6.07, 6.45) is 2.53. The predicted molar refractivity (Wildman–Crippen MR) is 99.0 cm³/mol. The Balaban J connectivity index is 2.06. The van der Waals surface area contributed by atoms with Crippen LogP contribution in [0.5, 0.6) is 0 Å². The normalized spacial score (nSPS) is 11.6. The van der Waals surface area contributed by atoms with Gasteiger partial charge in [-0.15, -0.1) is 0 Å². The van der Waals surface area contributed by atoms with Crippen LogP contribution in [0.4, 0.5) is 0 Å². The van der Waals surface area contributed by atoms with Crippen LogP contribution in [0.2, 0.25) is 0 Å². The van der Waals surface area contributed by atoms with Crippen molar-refractivity contribution in [1.29, 1.82) is 0 Å². The number of hydrogen-bond acceptors (Lipinski definition) is 2. The Bertz CT molecular complexity index is 658. The summed E-state index contributed by atoms with van der Waals surface area (Å²) in [5.74, 6) is 0.481. The molecule has 2 aromatic carbocycles. The van der Waals surface area contributed by atoms with E-state index in [1.165, 1.54) is 21.9 Å². The van der Waals surface area contributed by atoms with Gasteiger partial charge >= 0.3 is 0 Å². The van der Waals surface area contributed by atoms with E-state index in [4.69, 9.17) is 0 Å². The van der Waals surface area contributed by atoms with Crippen LogP contribution in [0.15, 0.2) is 36.4 Å². The zero-order valence-corrected chi connectivity index (χ0v) is 14.9. The first-order chi connectivity index (χ1) is 11.0. The fourth-order valence-corrected chi connectivity index (χ4v) is 2.72. The number of Topliss-reactive ketones (excluding diaryl/α,β-unsaturated/α-hetero) is 1. The van der Waals surface area contributed by atoms with Crippen molar-refractivity contribution in [3.05, 3.63) is 47.5 Å². The van der Waals surface area contributed by atoms with Gasteiger partial charge in [-0.3, -0.25) is 4.79 Å². The molecule has 2 rings (SSSR count). The van der Waals surface area contributed by atoms with Gasteiger partial charge in [0.1, 0.15) is 5.78 Å². The lowest BCUT2D eigenvalue weighted by atomic mass is 9.98. The van der Waals surface area contributed by atoms with Crippen LogP contribution in [0.25, 0.3) is 10.8 Å². The van der Waals surface area contributed by atoms with E-state index in [1.807, 2.05) is 13.8 Å². The molecule has 124 valence electrons. The van der Waals surface area contributed by atoms with Crippen LogP contribution < -0.4 is 5.32 Å². The van der Waals surface area contributed by atoms with E-state index in [0.29, 0.717) is 18.2 Å². The van der Waals surface area contributed by atoms with Crippen LogP contribution in [-0.2, 0) is 17.6 Å². The Morgan fingerprint density at radius 3 is 2.09 bits per heavy atom. The van der Waals surface area contributed by atoms with Gasteiger partial charge in [0.25, 0.3) is 0 Å². The van der Waals surface area contributed by atoms with E-state index in [9.17, 15) is 4.79 Å². The number of fused-ring (bicyclic) bond motifs is 1. The lowest BCUT2D eigenvalue weighted by Crippen LogP contribution is -2.24. The summed E-state index contributed by atoms with van der Waals surface area (Å²) in [6, 6.07) is 13.8. The number of carbonyl (C=O) groups is 1. The van der Waals surface area contributed by atoms with Gasteiger partial charge in [0.2, 0.25) is 0 Å².